The lowest BCUT2D eigenvalue weighted by molar-refractivity contribution is 0.460. The van der Waals surface area contributed by atoms with Gasteiger partial charge in [-0.1, -0.05) is 66.2 Å². The number of hydrazone groups is 1. The van der Waals surface area contributed by atoms with Crippen molar-refractivity contribution in [1.29, 1.82) is 0 Å². The van der Waals surface area contributed by atoms with Crippen LogP contribution in [0.15, 0.2) is 95.4 Å². The monoisotopic (exact) mass is 482 g/mol. The standard InChI is InChI=1S/C27H19ClN4OS/c28-18-12-13-21-20(15-18)26(17-7-2-1-3-8-17)30-27(29-21)32-23(19-9-4-5-10-24(19)33)16-22(31-32)25-11-6-14-34-25/h1-15,23,33H,16H2/t23-/m0/s1. The zero-order valence-corrected chi connectivity index (χ0v) is 19.5. The molecule has 1 N–H and O–H groups in total. The fraction of sp³-hybridized carbons (Fsp3) is 0.0741. The summed E-state index contributed by atoms with van der Waals surface area (Å²) >= 11 is 7.97. The average molecular weight is 483 g/mol. The number of benzene rings is 3. The van der Waals surface area contributed by atoms with Crippen LogP contribution in [0.3, 0.4) is 0 Å². The minimum atomic E-state index is -0.230. The van der Waals surface area contributed by atoms with Crippen LogP contribution in [-0.2, 0) is 0 Å². The minimum absolute atomic E-state index is 0.230. The number of fused-ring (bicyclic) bond motifs is 1. The van der Waals surface area contributed by atoms with Crippen molar-refractivity contribution in [2.24, 2.45) is 5.10 Å². The highest BCUT2D eigenvalue weighted by Crippen LogP contribution is 2.40. The van der Waals surface area contributed by atoms with Crippen LogP contribution in [0, 0.1) is 0 Å². The Balaban J connectivity index is 1.56. The normalized spacial score (nSPS) is 15.6. The summed E-state index contributed by atoms with van der Waals surface area (Å²) < 4.78 is 0. The van der Waals surface area contributed by atoms with Crippen molar-refractivity contribution in [1.82, 2.24) is 9.97 Å². The maximum Gasteiger partial charge on any atom is 0.247 e. The molecule has 1 aliphatic rings. The van der Waals surface area contributed by atoms with E-state index in [1.807, 2.05) is 83.2 Å². The van der Waals surface area contributed by atoms with Gasteiger partial charge in [0.2, 0.25) is 5.95 Å². The molecule has 0 bridgehead atoms. The first-order valence-electron chi connectivity index (χ1n) is 10.9. The first kappa shape index (κ1) is 20.8. The largest absolute Gasteiger partial charge is 0.508 e. The van der Waals surface area contributed by atoms with Gasteiger partial charge in [0.05, 0.1) is 27.8 Å². The van der Waals surface area contributed by atoms with E-state index in [0.29, 0.717) is 17.4 Å². The summed E-state index contributed by atoms with van der Waals surface area (Å²) in [6, 6.07) is 26.9. The van der Waals surface area contributed by atoms with E-state index >= 15 is 0 Å². The molecule has 1 atom stereocenters. The van der Waals surface area contributed by atoms with Gasteiger partial charge >= 0.3 is 0 Å². The van der Waals surface area contributed by atoms with E-state index in [2.05, 4.69) is 6.07 Å². The number of rotatable bonds is 4. The van der Waals surface area contributed by atoms with Crippen molar-refractivity contribution in [3.63, 3.8) is 0 Å². The van der Waals surface area contributed by atoms with E-state index in [-0.39, 0.29) is 11.8 Å². The smallest absolute Gasteiger partial charge is 0.247 e. The molecule has 0 spiro atoms. The lowest BCUT2D eigenvalue weighted by Crippen LogP contribution is -2.21. The average Bonchev–Trinajstić information content (AvgIpc) is 3.55. The van der Waals surface area contributed by atoms with E-state index in [9.17, 15) is 5.11 Å². The summed E-state index contributed by atoms with van der Waals surface area (Å²) in [6.07, 6.45) is 0.640. The number of para-hydroxylation sites is 1. The van der Waals surface area contributed by atoms with Crippen molar-refractivity contribution in [2.75, 3.05) is 5.01 Å². The van der Waals surface area contributed by atoms with Gasteiger partial charge in [0.25, 0.3) is 0 Å². The van der Waals surface area contributed by atoms with E-state index in [1.54, 1.807) is 17.4 Å². The van der Waals surface area contributed by atoms with Crippen molar-refractivity contribution in [3.05, 3.63) is 106 Å². The molecular formula is C27H19ClN4OS. The Hall–Kier alpha value is -3.74. The number of hydrogen-bond acceptors (Lipinski definition) is 6. The molecule has 0 fully saturated rings. The molecule has 0 unspecified atom stereocenters. The highest BCUT2D eigenvalue weighted by Gasteiger charge is 2.34. The second-order valence-electron chi connectivity index (χ2n) is 8.05. The van der Waals surface area contributed by atoms with Crippen LogP contribution in [0.1, 0.15) is 22.9 Å². The van der Waals surface area contributed by atoms with Crippen LogP contribution in [0.5, 0.6) is 5.75 Å². The number of phenolic OH excluding ortho intramolecular Hbond substituents is 1. The van der Waals surface area contributed by atoms with Crippen LogP contribution in [0.4, 0.5) is 5.95 Å². The molecule has 7 heteroatoms. The van der Waals surface area contributed by atoms with Crippen LogP contribution < -0.4 is 5.01 Å². The highest BCUT2D eigenvalue weighted by molar-refractivity contribution is 7.12. The Morgan fingerprint density at radius 1 is 0.912 bits per heavy atom. The summed E-state index contributed by atoms with van der Waals surface area (Å²) in [5, 5.41) is 21.0. The molecule has 3 aromatic carbocycles. The Morgan fingerprint density at radius 2 is 1.74 bits per heavy atom. The van der Waals surface area contributed by atoms with Gasteiger partial charge < -0.3 is 5.11 Å². The fourth-order valence-corrected chi connectivity index (χ4v) is 5.20. The zero-order chi connectivity index (χ0) is 23.1. The maximum atomic E-state index is 10.7. The molecule has 0 amide bonds. The lowest BCUT2D eigenvalue weighted by atomic mass is 10.0. The number of anilines is 1. The van der Waals surface area contributed by atoms with Gasteiger partial charge in [-0.05, 0) is 35.7 Å². The topological polar surface area (TPSA) is 61.6 Å². The predicted molar refractivity (Wildman–Crippen MR) is 139 cm³/mol. The summed E-state index contributed by atoms with van der Waals surface area (Å²) in [7, 11) is 0. The first-order chi connectivity index (χ1) is 16.7. The van der Waals surface area contributed by atoms with Crippen molar-refractivity contribution in [3.8, 4) is 17.0 Å². The Kier molecular flexibility index (Phi) is 5.24. The molecule has 1 aliphatic heterocycles. The number of nitrogens with zero attached hydrogens (tertiary/aromatic N) is 4. The number of aromatic nitrogens is 2. The van der Waals surface area contributed by atoms with E-state index in [1.165, 1.54) is 0 Å². The second kappa shape index (κ2) is 8.56. The summed E-state index contributed by atoms with van der Waals surface area (Å²) in [5.74, 6) is 0.712. The van der Waals surface area contributed by atoms with Crippen LogP contribution in [0.2, 0.25) is 5.02 Å². The summed E-state index contributed by atoms with van der Waals surface area (Å²) in [5.41, 5.74) is 4.28. The highest BCUT2D eigenvalue weighted by atomic mass is 35.5. The van der Waals surface area contributed by atoms with Crippen molar-refractivity contribution in [2.45, 2.75) is 12.5 Å². The third kappa shape index (κ3) is 3.71. The van der Waals surface area contributed by atoms with Crippen LogP contribution in [-0.4, -0.2) is 20.8 Å². The molecular weight excluding hydrogens is 464 g/mol. The quantitative estimate of drug-likeness (QED) is 0.297. The van der Waals surface area contributed by atoms with Gasteiger partial charge in [-0.15, -0.1) is 11.3 Å². The number of phenols is 1. The van der Waals surface area contributed by atoms with Gasteiger partial charge in [0.15, 0.2) is 0 Å². The van der Waals surface area contributed by atoms with Crippen molar-refractivity contribution >= 4 is 45.5 Å². The molecule has 0 aliphatic carbocycles. The van der Waals surface area contributed by atoms with Gasteiger partial charge in [-0.25, -0.2) is 15.0 Å². The van der Waals surface area contributed by atoms with E-state index in [4.69, 9.17) is 26.7 Å². The molecule has 34 heavy (non-hydrogen) atoms. The molecule has 5 aromatic rings. The van der Waals surface area contributed by atoms with Crippen LogP contribution >= 0.6 is 22.9 Å². The molecule has 0 saturated heterocycles. The SMILES string of the molecule is Oc1ccccc1[C@@H]1CC(c2cccs2)=NN1c1nc(-c2ccccc2)c2cc(Cl)ccc2n1. The molecule has 2 aromatic heterocycles. The molecule has 0 saturated carbocycles. The molecule has 166 valence electrons. The van der Waals surface area contributed by atoms with Gasteiger partial charge in [0.1, 0.15) is 5.75 Å². The van der Waals surface area contributed by atoms with Gasteiger partial charge in [0, 0.05) is 28.0 Å². The Bertz CT molecular complexity index is 1520. The molecule has 0 radical (unpaired) electrons. The van der Waals surface area contributed by atoms with Gasteiger partial charge in [-0.2, -0.15) is 5.10 Å². The fourth-order valence-electron chi connectivity index (χ4n) is 4.30. The zero-order valence-electron chi connectivity index (χ0n) is 18.0. The Morgan fingerprint density at radius 3 is 2.53 bits per heavy atom. The molecule has 3 heterocycles. The molecule has 5 nitrogen and oxygen atoms in total. The Labute approximate surface area is 205 Å². The van der Waals surface area contributed by atoms with E-state index < -0.39 is 0 Å². The summed E-state index contributed by atoms with van der Waals surface area (Å²) in [4.78, 5) is 11.0. The van der Waals surface area contributed by atoms with Crippen molar-refractivity contribution < 1.29 is 5.11 Å². The minimum Gasteiger partial charge on any atom is -0.508 e. The molecule has 6 rings (SSSR count). The number of hydrogen-bond donors (Lipinski definition) is 1. The number of aromatic hydroxyl groups is 1. The first-order valence-corrected chi connectivity index (χ1v) is 12.1. The lowest BCUT2D eigenvalue weighted by Gasteiger charge is -2.23. The second-order valence-corrected chi connectivity index (χ2v) is 9.43. The maximum absolute atomic E-state index is 10.7. The van der Waals surface area contributed by atoms with Gasteiger partial charge in [-0.3, -0.25) is 0 Å². The third-order valence-corrected chi connectivity index (χ3v) is 7.06. The predicted octanol–water partition coefficient (Wildman–Crippen LogP) is 7.07. The number of thiophene rings is 1. The van der Waals surface area contributed by atoms with Crippen LogP contribution in [0.25, 0.3) is 22.2 Å². The van der Waals surface area contributed by atoms with E-state index in [0.717, 1.165) is 38.3 Å². The third-order valence-electron chi connectivity index (χ3n) is 5.91. The number of halogens is 1. The summed E-state index contributed by atoms with van der Waals surface area (Å²) in [6.45, 7) is 0.